The van der Waals surface area contributed by atoms with Crippen molar-refractivity contribution in [3.8, 4) is 22.4 Å². The van der Waals surface area contributed by atoms with Gasteiger partial charge < -0.3 is 0 Å². The van der Waals surface area contributed by atoms with Gasteiger partial charge in [-0.15, -0.1) is 13.2 Å². The molecule has 2 aromatic carbocycles. The second kappa shape index (κ2) is 6.01. The summed E-state index contributed by atoms with van der Waals surface area (Å²) in [6.07, 6.45) is -3.59. The van der Waals surface area contributed by atoms with Crippen LogP contribution in [0.2, 0.25) is 0 Å². The minimum absolute atomic E-state index is 0.0404. The van der Waals surface area contributed by atoms with Gasteiger partial charge in [-0.2, -0.15) is 9.78 Å². The molecule has 1 aromatic heterocycles. The monoisotopic (exact) mass is 367 g/mol. The number of sulfonamides is 1. The molecule has 0 radical (unpaired) electrons. The second-order valence-corrected chi connectivity index (χ2v) is 6.78. The molecule has 0 bridgehead atoms. The van der Waals surface area contributed by atoms with Crippen LogP contribution < -0.4 is 5.14 Å². The van der Waals surface area contributed by atoms with Crippen LogP contribution >= 0.6 is 0 Å². The Morgan fingerprint density at radius 3 is 2.04 bits per heavy atom. The topological polar surface area (TPSA) is 78.0 Å². The van der Waals surface area contributed by atoms with E-state index in [0.717, 1.165) is 18.3 Å². The molecule has 25 heavy (non-hydrogen) atoms. The Morgan fingerprint density at radius 1 is 0.920 bits per heavy atom. The van der Waals surface area contributed by atoms with Gasteiger partial charge in [0.15, 0.2) is 0 Å². The Labute approximate surface area is 141 Å². The van der Waals surface area contributed by atoms with Gasteiger partial charge in [-0.3, -0.25) is 0 Å². The van der Waals surface area contributed by atoms with E-state index in [4.69, 9.17) is 5.14 Å². The minimum atomic E-state index is -4.72. The van der Waals surface area contributed by atoms with Crippen molar-refractivity contribution in [2.24, 2.45) is 5.14 Å². The molecule has 130 valence electrons. The summed E-state index contributed by atoms with van der Waals surface area (Å²) in [5.41, 5.74) is 0.825. The van der Waals surface area contributed by atoms with Crippen LogP contribution in [0.1, 0.15) is 0 Å². The average Bonchev–Trinajstić information content (AvgIpc) is 3.00. The van der Waals surface area contributed by atoms with Crippen molar-refractivity contribution < 1.29 is 21.6 Å². The van der Waals surface area contributed by atoms with Gasteiger partial charge >= 0.3 is 6.30 Å². The predicted molar refractivity (Wildman–Crippen MR) is 85.8 cm³/mol. The highest BCUT2D eigenvalue weighted by atomic mass is 32.2. The van der Waals surface area contributed by atoms with Gasteiger partial charge in [-0.25, -0.2) is 13.6 Å². The Bertz CT molecular complexity index is 995. The zero-order chi connectivity index (χ0) is 18.2. The predicted octanol–water partition coefficient (Wildman–Crippen LogP) is 3.34. The van der Waals surface area contributed by atoms with Crippen LogP contribution in [-0.4, -0.2) is 18.2 Å². The van der Waals surface area contributed by atoms with E-state index in [9.17, 15) is 21.6 Å². The average molecular weight is 367 g/mol. The molecule has 3 rings (SSSR count). The molecule has 0 spiro atoms. The number of hydrogen-bond acceptors (Lipinski definition) is 3. The molecule has 0 atom stereocenters. The molecule has 0 unspecified atom stereocenters. The molecule has 0 fully saturated rings. The van der Waals surface area contributed by atoms with Gasteiger partial charge in [0.2, 0.25) is 10.0 Å². The zero-order valence-electron chi connectivity index (χ0n) is 12.6. The summed E-state index contributed by atoms with van der Waals surface area (Å²) in [6.45, 7) is 0. The Balaban J connectivity index is 2.21. The quantitative estimate of drug-likeness (QED) is 0.771. The smallest absolute Gasteiger partial charge is 0.225 e. The van der Waals surface area contributed by atoms with E-state index in [1.54, 1.807) is 30.3 Å². The van der Waals surface area contributed by atoms with Gasteiger partial charge in [0.05, 0.1) is 16.8 Å². The third-order valence-corrected chi connectivity index (χ3v) is 4.48. The first-order chi connectivity index (χ1) is 11.7. The highest BCUT2D eigenvalue weighted by molar-refractivity contribution is 7.89. The van der Waals surface area contributed by atoms with Crippen molar-refractivity contribution in [1.29, 1.82) is 0 Å². The SMILES string of the molecule is NS(=O)(=O)c1ccc(-c2c(-c3ccccc3)cnn2C(F)(F)F)cc1. The number of halogens is 3. The largest absolute Gasteiger partial charge is 0.505 e. The van der Waals surface area contributed by atoms with E-state index in [2.05, 4.69) is 5.10 Å². The number of alkyl halides is 3. The van der Waals surface area contributed by atoms with Crippen LogP contribution in [0.4, 0.5) is 13.2 Å². The fourth-order valence-electron chi connectivity index (χ4n) is 2.45. The van der Waals surface area contributed by atoms with E-state index in [1.165, 1.54) is 12.1 Å². The summed E-state index contributed by atoms with van der Waals surface area (Å²) in [5, 5.41) is 8.48. The van der Waals surface area contributed by atoms with E-state index in [1.807, 2.05) is 0 Å². The van der Waals surface area contributed by atoms with Crippen LogP contribution in [0.3, 0.4) is 0 Å². The highest BCUT2D eigenvalue weighted by Gasteiger charge is 2.36. The standard InChI is InChI=1S/C16H12F3N3O2S/c17-16(18,19)22-15(12-6-8-13(9-7-12)25(20,23)24)14(10-21-22)11-4-2-1-3-5-11/h1-10H,(H2,20,23,24). The summed E-state index contributed by atoms with van der Waals surface area (Å²) >= 11 is 0. The minimum Gasteiger partial charge on any atom is -0.225 e. The fourth-order valence-corrected chi connectivity index (χ4v) is 2.97. The lowest BCUT2D eigenvalue weighted by molar-refractivity contribution is -0.210. The molecule has 2 N–H and O–H groups in total. The fraction of sp³-hybridized carbons (Fsp3) is 0.0625. The van der Waals surface area contributed by atoms with Crippen molar-refractivity contribution >= 4 is 10.0 Å². The van der Waals surface area contributed by atoms with Crippen molar-refractivity contribution in [2.45, 2.75) is 11.2 Å². The Morgan fingerprint density at radius 2 is 1.52 bits per heavy atom. The van der Waals surface area contributed by atoms with Gasteiger partial charge in [-0.1, -0.05) is 42.5 Å². The molecule has 0 saturated carbocycles. The Hall–Kier alpha value is -2.65. The number of nitrogens with two attached hydrogens (primary N) is 1. The maximum absolute atomic E-state index is 13.3. The summed E-state index contributed by atoms with van der Waals surface area (Å²) in [6, 6.07) is 13.3. The van der Waals surface area contributed by atoms with Crippen molar-refractivity contribution in [1.82, 2.24) is 9.78 Å². The lowest BCUT2D eigenvalue weighted by Crippen LogP contribution is -2.19. The number of aromatic nitrogens is 2. The molecule has 3 aromatic rings. The first-order valence-corrected chi connectivity index (χ1v) is 8.56. The van der Waals surface area contributed by atoms with Crippen molar-refractivity contribution in [2.75, 3.05) is 0 Å². The van der Waals surface area contributed by atoms with Gasteiger partial charge in [0, 0.05) is 11.1 Å². The number of nitrogens with zero attached hydrogens (tertiary/aromatic N) is 2. The third kappa shape index (κ3) is 3.42. The summed E-state index contributed by atoms with van der Waals surface area (Å²) in [4.78, 5) is -0.185. The molecule has 9 heteroatoms. The molecule has 5 nitrogen and oxygen atoms in total. The summed E-state index contributed by atoms with van der Waals surface area (Å²) in [5.74, 6) is 0. The number of rotatable bonds is 3. The van der Waals surface area contributed by atoms with Gasteiger partial charge in [0.25, 0.3) is 0 Å². The van der Waals surface area contributed by atoms with Crippen LogP contribution in [0.15, 0.2) is 65.7 Å². The number of benzene rings is 2. The molecule has 0 aliphatic heterocycles. The first-order valence-electron chi connectivity index (χ1n) is 7.02. The maximum atomic E-state index is 13.3. The van der Waals surface area contributed by atoms with Gasteiger partial charge in [-0.05, 0) is 17.7 Å². The highest BCUT2D eigenvalue weighted by Crippen LogP contribution is 2.37. The summed E-state index contributed by atoms with van der Waals surface area (Å²) < 4.78 is 62.6. The van der Waals surface area contributed by atoms with E-state index in [0.29, 0.717) is 5.56 Å². The molecule has 1 heterocycles. The van der Waals surface area contributed by atoms with Crippen LogP contribution in [-0.2, 0) is 16.3 Å². The van der Waals surface area contributed by atoms with Crippen molar-refractivity contribution in [3.63, 3.8) is 0 Å². The molecule has 0 aliphatic rings. The van der Waals surface area contributed by atoms with E-state index >= 15 is 0 Å². The Kier molecular flexibility index (Phi) is 4.13. The van der Waals surface area contributed by atoms with E-state index in [-0.39, 0.29) is 26.4 Å². The molecular weight excluding hydrogens is 355 g/mol. The molecule has 0 aliphatic carbocycles. The zero-order valence-corrected chi connectivity index (χ0v) is 13.4. The third-order valence-electron chi connectivity index (χ3n) is 3.55. The van der Waals surface area contributed by atoms with Gasteiger partial charge in [0.1, 0.15) is 0 Å². The van der Waals surface area contributed by atoms with Crippen LogP contribution in [0.5, 0.6) is 0 Å². The lowest BCUT2D eigenvalue weighted by Gasteiger charge is -2.13. The maximum Gasteiger partial charge on any atom is 0.505 e. The molecular formula is C16H12F3N3O2S. The summed E-state index contributed by atoms with van der Waals surface area (Å²) in [7, 11) is -3.93. The lowest BCUT2D eigenvalue weighted by atomic mass is 10.0. The number of hydrogen-bond donors (Lipinski definition) is 1. The van der Waals surface area contributed by atoms with Crippen LogP contribution in [0.25, 0.3) is 22.4 Å². The van der Waals surface area contributed by atoms with E-state index < -0.39 is 16.3 Å². The number of primary sulfonamides is 1. The normalized spacial score (nSPS) is 12.3. The van der Waals surface area contributed by atoms with Crippen molar-refractivity contribution in [3.05, 3.63) is 60.8 Å². The molecule has 0 saturated heterocycles. The van der Waals surface area contributed by atoms with Crippen LogP contribution in [0, 0.1) is 0 Å². The second-order valence-electron chi connectivity index (χ2n) is 5.22. The molecule has 0 amide bonds. The first kappa shape index (κ1) is 17.2.